The molecule has 0 aromatic carbocycles. The molecule has 6 nitrogen and oxygen atoms in total. The second-order valence-corrected chi connectivity index (χ2v) is 26.6. The highest BCUT2D eigenvalue weighted by Gasteiger charge is 2.20. The quantitative estimate of drug-likeness (QED) is 0.0343. The predicted octanol–water partition coefficient (Wildman–Crippen LogP) is 26.6. The van der Waals surface area contributed by atoms with Crippen LogP contribution in [0.4, 0.5) is 0 Å². The second-order valence-electron chi connectivity index (χ2n) is 26.6. The molecule has 1 unspecified atom stereocenters. The van der Waals surface area contributed by atoms with Crippen molar-refractivity contribution in [1.29, 1.82) is 0 Å². The molecular weight excluding hydrogens is 1020 g/mol. The van der Waals surface area contributed by atoms with Gasteiger partial charge in [0.15, 0.2) is 6.10 Å². The Morgan fingerprint density at radius 1 is 0.193 bits per heavy atom. The Morgan fingerprint density at radius 3 is 0.482 bits per heavy atom. The van der Waals surface area contributed by atoms with Crippen molar-refractivity contribution in [2.45, 2.75) is 463 Å². The summed E-state index contributed by atoms with van der Waals surface area (Å²) in [6.45, 7) is 6.74. The zero-order chi connectivity index (χ0) is 59.9. The van der Waals surface area contributed by atoms with Gasteiger partial charge in [0, 0.05) is 19.3 Å². The normalized spacial score (nSPS) is 11.9. The van der Waals surface area contributed by atoms with Gasteiger partial charge in [-0.3, -0.25) is 14.4 Å². The van der Waals surface area contributed by atoms with Crippen LogP contribution >= 0.6 is 0 Å². The number of carbonyl (C=O) groups is 3. The minimum Gasteiger partial charge on any atom is -0.462 e. The molecule has 0 rings (SSSR count). The molecule has 0 saturated heterocycles. The summed E-state index contributed by atoms with van der Waals surface area (Å²) in [5, 5.41) is 0. The lowest BCUT2D eigenvalue weighted by Crippen LogP contribution is -2.30. The molecule has 0 amide bonds. The van der Waals surface area contributed by atoms with Gasteiger partial charge in [-0.1, -0.05) is 419 Å². The first-order chi connectivity index (χ1) is 41.0. The lowest BCUT2D eigenvalue weighted by atomic mass is 10.0. The molecule has 0 N–H and O–H groups in total. The Kier molecular flexibility index (Phi) is 71.5. The summed E-state index contributed by atoms with van der Waals surface area (Å²) in [7, 11) is 0. The minimum atomic E-state index is -0.763. The number of rotatable bonds is 73. The molecule has 0 bridgehead atoms. The minimum absolute atomic E-state index is 0.0602. The molecule has 1 atom stereocenters. The first kappa shape index (κ1) is 81.4. The van der Waals surface area contributed by atoms with Crippen LogP contribution in [0.2, 0.25) is 0 Å². The zero-order valence-electron chi connectivity index (χ0n) is 57.0. The van der Waals surface area contributed by atoms with Gasteiger partial charge in [-0.15, -0.1) is 0 Å². The van der Waals surface area contributed by atoms with E-state index in [4.69, 9.17) is 14.2 Å². The Morgan fingerprint density at radius 2 is 0.325 bits per heavy atom. The molecule has 0 fully saturated rings. The van der Waals surface area contributed by atoms with E-state index in [1.54, 1.807) is 0 Å². The summed E-state index contributed by atoms with van der Waals surface area (Å²) >= 11 is 0. The summed E-state index contributed by atoms with van der Waals surface area (Å²) in [6, 6.07) is 0. The van der Waals surface area contributed by atoms with Crippen molar-refractivity contribution < 1.29 is 28.6 Å². The molecule has 0 aliphatic carbocycles. The van der Waals surface area contributed by atoms with Crippen LogP contribution in [-0.4, -0.2) is 37.2 Å². The molecule has 0 heterocycles. The third-order valence-corrected chi connectivity index (χ3v) is 18.1. The average molecular weight is 1170 g/mol. The van der Waals surface area contributed by atoms with Gasteiger partial charge in [0.2, 0.25) is 0 Å². The number of hydrogen-bond donors (Lipinski definition) is 0. The number of ether oxygens (including phenoxy) is 3. The van der Waals surface area contributed by atoms with E-state index in [1.165, 1.54) is 360 Å². The Hall–Kier alpha value is -1.59. The van der Waals surface area contributed by atoms with E-state index in [0.717, 1.165) is 57.8 Å². The van der Waals surface area contributed by atoms with E-state index >= 15 is 0 Å². The highest BCUT2D eigenvalue weighted by molar-refractivity contribution is 5.71. The molecule has 6 heteroatoms. The monoisotopic (exact) mass is 1170 g/mol. The van der Waals surface area contributed by atoms with Gasteiger partial charge >= 0.3 is 17.9 Å². The van der Waals surface area contributed by atoms with Crippen LogP contribution in [0.1, 0.15) is 457 Å². The van der Waals surface area contributed by atoms with Gasteiger partial charge in [0.25, 0.3) is 0 Å². The van der Waals surface area contributed by atoms with Crippen LogP contribution in [-0.2, 0) is 28.6 Å². The third-order valence-electron chi connectivity index (χ3n) is 18.1. The maximum atomic E-state index is 13.0. The fourth-order valence-electron chi connectivity index (χ4n) is 12.3. The zero-order valence-corrected chi connectivity index (χ0v) is 57.0. The maximum Gasteiger partial charge on any atom is 0.306 e. The lowest BCUT2D eigenvalue weighted by molar-refractivity contribution is -0.167. The van der Waals surface area contributed by atoms with Crippen molar-refractivity contribution >= 4 is 17.9 Å². The summed E-state index contributed by atoms with van der Waals surface area (Å²) in [4.78, 5) is 38.4. The lowest BCUT2D eigenvalue weighted by Gasteiger charge is -2.18. The Labute approximate surface area is 520 Å². The average Bonchev–Trinajstić information content (AvgIpc) is 3.48. The SMILES string of the molecule is CCCCCCCCCCCCCCCCCCCCCCCCCCCCCCCCCC(=O)OCC(COC(=O)CCCCCCCCCCCCC)OC(=O)CCCCCCCCCCCCCCCCCCCCCCCCC. The molecule has 0 spiro atoms. The summed E-state index contributed by atoms with van der Waals surface area (Å²) in [5.41, 5.74) is 0. The van der Waals surface area contributed by atoms with Crippen LogP contribution in [0.15, 0.2) is 0 Å². The molecule has 0 aromatic rings. The van der Waals surface area contributed by atoms with Crippen molar-refractivity contribution in [3.05, 3.63) is 0 Å². The van der Waals surface area contributed by atoms with E-state index in [2.05, 4.69) is 20.8 Å². The molecular formula is C77H150O6. The Balaban J connectivity index is 4.06. The van der Waals surface area contributed by atoms with Gasteiger partial charge in [-0.25, -0.2) is 0 Å². The van der Waals surface area contributed by atoms with Gasteiger partial charge in [-0.05, 0) is 19.3 Å². The van der Waals surface area contributed by atoms with E-state index in [9.17, 15) is 14.4 Å². The number of carbonyl (C=O) groups excluding carboxylic acids is 3. The van der Waals surface area contributed by atoms with Crippen LogP contribution in [0.5, 0.6) is 0 Å². The fraction of sp³-hybridized carbons (Fsp3) is 0.961. The van der Waals surface area contributed by atoms with E-state index in [1.807, 2.05) is 0 Å². The molecule has 0 radical (unpaired) electrons. The first-order valence-electron chi connectivity index (χ1n) is 38.5. The van der Waals surface area contributed by atoms with Crippen LogP contribution in [0.25, 0.3) is 0 Å². The second kappa shape index (κ2) is 72.9. The highest BCUT2D eigenvalue weighted by atomic mass is 16.6. The molecule has 83 heavy (non-hydrogen) atoms. The number of esters is 3. The van der Waals surface area contributed by atoms with Crippen LogP contribution in [0, 0.1) is 0 Å². The number of hydrogen-bond acceptors (Lipinski definition) is 6. The Bertz CT molecular complexity index is 1250. The smallest absolute Gasteiger partial charge is 0.306 e. The third kappa shape index (κ3) is 71.1. The molecule has 0 aliphatic heterocycles. The summed E-state index contributed by atoms with van der Waals surface area (Å²) in [5.74, 6) is -0.819. The van der Waals surface area contributed by atoms with Crippen LogP contribution in [0.3, 0.4) is 0 Å². The van der Waals surface area contributed by atoms with Gasteiger partial charge in [0.1, 0.15) is 13.2 Å². The van der Waals surface area contributed by atoms with Crippen molar-refractivity contribution in [2.24, 2.45) is 0 Å². The standard InChI is InChI=1S/C77H150O6/c1-4-7-10-13-16-19-22-24-26-28-30-32-34-35-36-37-38-39-40-41-43-44-46-48-50-52-55-58-61-64-67-70-76(79)82-73-74(72-81-75(78)69-66-63-60-57-54-21-18-15-12-9-6-3)83-77(80)71-68-65-62-59-56-53-51-49-47-45-42-33-31-29-27-25-23-20-17-14-11-8-5-2/h74H,4-73H2,1-3H3. The molecule has 0 saturated carbocycles. The van der Waals surface area contributed by atoms with Crippen molar-refractivity contribution in [2.75, 3.05) is 13.2 Å². The van der Waals surface area contributed by atoms with Crippen molar-refractivity contribution in [3.8, 4) is 0 Å². The molecule has 0 aromatic heterocycles. The summed E-state index contributed by atoms with van der Waals surface area (Å²) in [6.07, 6.45) is 87.5. The van der Waals surface area contributed by atoms with Crippen LogP contribution < -0.4 is 0 Å². The van der Waals surface area contributed by atoms with Crippen molar-refractivity contribution in [1.82, 2.24) is 0 Å². The summed E-state index contributed by atoms with van der Waals surface area (Å²) < 4.78 is 17.0. The predicted molar refractivity (Wildman–Crippen MR) is 363 cm³/mol. The van der Waals surface area contributed by atoms with E-state index in [-0.39, 0.29) is 31.1 Å². The van der Waals surface area contributed by atoms with E-state index in [0.29, 0.717) is 19.3 Å². The van der Waals surface area contributed by atoms with Gasteiger partial charge in [0.05, 0.1) is 0 Å². The number of unbranched alkanes of at least 4 members (excludes halogenated alkanes) is 62. The maximum absolute atomic E-state index is 13.0. The van der Waals surface area contributed by atoms with Gasteiger partial charge < -0.3 is 14.2 Å². The van der Waals surface area contributed by atoms with E-state index < -0.39 is 6.10 Å². The molecule has 0 aliphatic rings. The van der Waals surface area contributed by atoms with Gasteiger partial charge in [-0.2, -0.15) is 0 Å². The fourth-order valence-corrected chi connectivity index (χ4v) is 12.3. The largest absolute Gasteiger partial charge is 0.462 e. The highest BCUT2D eigenvalue weighted by Crippen LogP contribution is 2.20. The first-order valence-corrected chi connectivity index (χ1v) is 38.5. The van der Waals surface area contributed by atoms with Crippen molar-refractivity contribution in [3.63, 3.8) is 0 Å². The molecule has 494 valence electrons. The topological polar surface area (TPSA) is 78.9 Å².